The maximum absolute atomic E-state index is 5.41. The zero-order chi connectivity index (χ0) is 17.6. The molecule has 2 aromatic rings. The first-order valence-corrected chi connectivity index (χ1v) is 9.31. The summed E-state index contributed by atoms with van der Waals surface area (Å²) >= 11 is 1.71. The highest BCUT2D eigenvalue weighted by atomic mass is 127. The average Bonchev–Trinajstić information content (AvgIpc) is 3.26. The first kappa shape index (κ1) is 20.8. The number of hydrogen-bond donors (Lipinski definition) is 2. The maximum atomic E-state index is 5.41. The zero-order valence-electron chi connectivity index (χ0n) is 15.2. The number of nitrogens with one attached hydrogen (secondary N) is 2. The molecule has 142 valence electrons. The van der Waals surface area contributed by atoms with Crippen LogP contribution in [-0.4, -0.2) is 31.3 Å². The van der Waals surface area contributed by atoms with Crippen molar-refractivity contribution < 1.29 is 9.47 Å². The molecule has 0 saturated carbocycles. The molecule has 1 aromatic heterocycles. The van der Waals surface area contributed by atoms with Crippen LogP contribution in [-0.2, 0) is 13.0 Å². The van der Waals surface area contributed by atoms with Crippen LogP contribution in [0.3, 0.4) is 0 Å². The Morgan fingerprint density at radius 1 is 1.27 bits per heavy atom. The molecule has 2 heterocycles. The third-order valence-corrected chi connectivity index (χ3v) is 5.06. The Balaban J connectivity index is 0.00000243. The summed E-state index contributed by atoms with van der Waals surface area (Å²) in [6.45, 7) is 6.09. The van der Waals surface area contributed by atoms with E-state index < -0.39 is 0 Å². The number of aliphatic imine (C=N–C) groups is 1. The van der Waals surface area contributed by atoms with Gasteiger partial charge in [0.2, 0.25) is 6.79 Å². The lowest BCUT2D eigenvalue weighted by Crippen LogP contribution is -2.37. The fraction of sp³-hybridized carbons (Fsp3) is 0.444. The Labute approximate surface area is 175 Å². The molecule has 0 atom stereocenters. The van der Waals surface area contributed by atoms with E-state index in [0.29, 0.717) is 19.3 Å². The van der Waals surface area contributed by atoms with Crippen molar-refractivity contribution in [2.75, 3.05) is 20.4 Å². The fourth-order valence-electron chi connectivity index (χ4n) is 2.49. The number of halogens is 1. The number of rotatable bonds is 6. The number of nitrogens with zero attached hydrogens (tertiary/aromatic N) is 2. The van der Waals surface area contributed by atoms with Crippen LogP contribution in [0.5, 0.6) is 11.5 Å². The summed E-state index contributed by atoms with van der Waals surface area (Å²) < 4.78 is 10.7. The van der Waals surface area contributed by atoms with Crippen molar-refractivity contribution in [1.29, 1.82) is 0 Å². The normalized spacial score (nSPS) is 12.8. The number of thiazole rings is 1. The molecule has 2 N–H and O–H groups in total. The SMILES string of the molecule is CN=C(NCCc1ccc2c(c1)OCO2)NCc1csc(C(C)C)n1.I. The van der Waals surface area contributed by atoms with E-state index in [-0.39, 0.29) is 24.0 Å². The smallest absolute Gasteiger partial charge is 0.231 e. The lowest BCUT2D eigenvalue weighted by atomic mass is 10.1. The van der Waals surface area contributed by atoms with Gasteiger partial charge >= 0.3 is 0 Å². The summed E-state index contributed by atoms with van der Waals surface area (Å²) in [5.41, 5.74) is 2.25. The summed E-state index contributed by atoms with van der Waals surface area (Å²) in [4.78, 5) is 8.88. The molecule has 0 aliphatic carbocycles. The summed E-state index contributed by atoms with van der Waals surface area (Å²) in [6.07, 6.45) is 0.880. The van der Waals surface area contributed by atoms with Gasteiger partial charge in [0, 0.05) is 24.9 Å². The molecule has 8 heteroatoms. The first-order valence-electron chi connectivity index (χ1n) is 8.43. The number of guanidine groups is 1. The molecule has 1 aliphatic heterocycles. The zero-order valence-corrected chi connectivity index (χ0v) is 18.4. The number of ether oxygens (including phenoxy) is 2. The van der Waals surface area contributed by atoms with E-state index in [4.69, 9.17) is 9.47 Å². The lowest BCUT2D eigenvalue weighted by Gasteiger charge is -2.11. The van der Waals surface area contributed by atoms with Gasteiger partial charge < -0.3 is 20.1 Å². The van der Waals surface area contributed by atoms with Gasteiger partial charge in [-0.05, 0) is 24.1 Å². The van der Waals surface area contributed by atoms with Gasteiger partial charge in [0.1, 0.15) is 0 Å². The molecule has 1 aliphatic rings. The molecule has 1 aromatic carbocycles. The van der Waals surface area contributed by atoms with Crippen molar-refractivity contribution >= 4 is 41.3 Å². The van der Waals surface area contributed by atoms with Gasteiger partial charge in [-0.3, -0.25) is 4.99 Å². The average molecular weight is 488 g/mol. The van der Waals surface area contributed by atoms with E-state index in [1.165, 1.54) is 10.6 Å². The second-order valence-electron chi connectivity index (χ2n) is 6.12. The van der Waals surface area contributed by atoms with Crippen molar-refractivity contribution in [2.24, 2.45) is 4.99 Å². The van der Waals surface area contributed by atoms with E-state index in [1.54, 1.807) is 18.4 Å². The van der Waals surface area contributed by atoms with E-state index in [2.05, 4.69) is 45.9 Å². The van der Waals surface area contributed by atoms with Crippen molar-refractivity contribution in [3.8, 4) is 11.5 Å². The van der Waals surface area contributed by atoms with Gasteiger partial charge in [0.05, 0.1) is 17.2 Å². The Kier molecular flexibility index (Phi) is 7.95. The largest absolute Gasteiger partial charge is 0.454 e. The van der Waals surface area contributed by atoms with Gasteiger partial charge in [0.25, 0.3) is 0 Å². The highest BCUT2D eigenvalue weighted by molar-refractivity contribution is 14.0. The number of benzene rings is 1. The third-order valence-electron chi connectivity index (χ3n) is 3.87. The second kappa shape index (κ2) is 9.96. The van der Waals surface area contributed by atoms with Crippen LogP contribution in [0.2, 0.25) is 0 Å². The Hall–Kier alpha value is -1.55. The van der Waals surface area contributed by atoms with Gasteiger partial charge in [-0.1, -0.05) is 19.9 Å². The monoisotopic (exact) mass is 488 g/mol. The summed E-state index contributed by atoms with van der Waals surface area (Å²) in [5, 5.41) is 9.90. The van der Waals surface area contributed by atoms with Crippen LogP contribution in [0, 0.1) is 0 Å². The Morgan fingerprint density at radius 3 is 2.81 bits per heavy atom. The maximum Gasteiger partial charge on any atom is 0.231 e. The highest BCUT2D eigenvalue weighted by Gasteiger charge is 2.13. The van der Waals surface area contributed by atoms with E-state index in [1.807, 2.05) is 12.1 Å². The van der Waals surface area contributed by atoms with Crippen LogP contribution in [0.1, 0.15) is 36.0 Å². The van der Waals surface area contributed by atoms with Crippen molar-refractivity contribution in [2.45, 2.75) is 32.7 Å². The first-order chi connectivity index (χ1) is 12.2. The van der Waals surface area contributed by atoms with Crippen molar-refractivity contribution in [3.63, 3.8) is 0 Å². The molecule has 0 fully saturated rings. The van der Waals surface area contributed by atoms with E-state index in [9.17, 15) is 0 Å². The molecule has 0 radical (unpaired) electrons. The number of fused-ring (bicyclic) bond motifs is 1. The number of aromatic nitrogens is 1. The van der Waals surface area contributed by atoms with Gasteiger partial charge in [-0.25, -0.2) is 4.98 Å². The predicted octanol–water partition coefficient (Wildman–Crippen LogP) is 3.52. The van der Waals surface area contributed by atoms with Gasteiger partial charge in [0.15, 0.2) is 17.5 Å². The topological polar surface area (TPSA) is 67.8 Å². The minimum Gasteiger partial charge on any atom is -0.454 e. The van der Waals surface area contributed by atoms with E-state index >= 15 is 0 Å². The van der Waals surface area contributed by atoms with Gasteiger partial charge in [-0.15, -0.1) is 35.3 Å². The molecular weight excluding hydrogens is 463 g/mol. The summed E-state index contributed by atoms with van der Waals surface area (Å²) in [6, 6.07) is 6.05. The number of hydrogen-bond acceptors (Lipinski definition) is 5. The van der Waals surface area contributed by atoms with Crippen LogP contribution in [0.15, 0.2) is 28.6 Å². The Bertz CT molecular complexity index is 749. The van der Waals surface area contributed by atoms with Crippen LogP contribution >= 0.6 is 35.3 Å². The third kappa shape index (κ3) is 5.47. The molecule has 3 rings (SSSR count). The lowest BCUT2D eigenvalue weighted by molar-refractivity contribution is 0.174. The molecular formula is C18H25IN4O2S. The van der Waals surface area contributed by atoms with Crippen molar-refractivity contribution in [3.05, 3.63) is 39.8 Å². The molecule has 0 saturated heterocycles. The molecule has 0 spiro atoms. The van der Waals surface area contributed by atoms with E-state index in [0.717, 1.165) is 36.1 Å². The highest BCUT2D eigenvalue weighted by Crippen LogP contribution is 2.32. The summed E-state index contributed by atoms with van der Waals surface area (Å²) in [5.74, 6) is 2.89. The summed E-state index contributed by atoms with van der Waals surface area (Å²) in [7, 11) is 1.77. The molecule has 26 heavy (non-hydrogen) atoms. The Morgan fingerprint density at radius 2 is 2.08 bits per heavy atom. The molecule has 6 nitrogen and oxygen atoms in total. The minimum absolute atomic E-state index is 0. The molecule has 0 amide bonds. The molecule has 0 unspecified atom stereocenters. The predicted molar refractivity (Wildman–Crippen MR) is 116 cm³/mol. The second-order valence-corrected chi connectivity index (χ2v) is 7.01. The molecule has 0 bridgehead atoms. The van der Waals surface area contributed by atoms with Gasteiger partial charge in [-0.2, -0.15) is 0 Å². The van der Waals surface area contributed by atoms with Crippen LogP contribution < -0.4 is 20.1 Å². The quantitative estimate of drug-likeness (QED) is 0.370. The van der Waals surface area contributed by atoms with Crippen LogP contribution in [0.25, 0.3) is 0 Å². The minimum atomic E-state index is 0. The van der Waals surface area contributed by atoms with Crippen LogP contribution in [0.4, 0.5) is 0 Å². The van der Waals surface area contributed by atoms with Crippen molar-refractivity contribution in [1.82, 2.24) is 15.6 Å². The standard InChI is InChI=1S/C18H24N4O2S.HI/c1-12(2)17-22-14(10-25-17)9-21-18(19-3)20-7-6-13-4-5-15-16(8-13)24-11-23-15;/h4-5,8,10,12H,6-7,9,11H2,1-3H3,(H2,19,20,21);1H. The fourth-order valence-corrected chi connectivity index (χ4v) is 3.32.